The number of benzene rings is 2. The third-order valence-corrected chi connectivity index (χ3v) is 5.25. The highest BCUT2D eigenvalue weighted by Crippen LogP contribution is 2.25. The van der Waals surface area contributed by atoms with Crippen molar-refractivity contribution in [1.29, 1.82) is 0 Å². The highest BCUT2D eigenvalue weighted by atomic mass is 32.2. The van der Waals surface area contributed by atoms with E-state index in [4.69, 9.17) is 5.73 Å². The molecular formula is C20H17F2N7OS. The van der Waals surface area contributed by atoms with E-state index in [1.165, 1.54) is 6.07 Å². The molecule has 0 atom stereocenters. The van der Waals surface area contributed by atoms with Crippen LogP contribution in [-0.2, 0) is 5.75 Å². The maximum atomic E-state index is 14.6. The Labute approximate surface area is 179 Å². The van der Waals surface area contributed by atoms with E-state index in [1.54, 1.807) is 43.3 Å². The predicted octanol–water partition coefficient (Wildman–Crippen LogP) is 2.79. The highest BCUT2D eigenvalue weighted by Gasteiger charge is 2.17. The number of nitrogens with zero attached hydrogens (tertiary/aromatic N) is 6. The molecule has 0 aliphatic carbocycles. The zero-order valence-electron chi connectivity index (χ0n) is 16.6. The topological polar surface area (TPSA) is 103 Å². The van der Waals surface area contributed by atoms with E-state index in [0.717, 1.165) is 28.5 Å². The van der Waals surface area contributed by atoms with Crippen molar-refractivity contribution in [2.24, 2.45) is 0 Å². The van der Waals surface area contributed by atoms with Gasteiger partial charge in [-0.2, -0.15) is 15.0 Å². The minimum atomic E-state index is -0.875. The van der Waals surface area contributed by atoms with Crippen molar-refractivity contribution in [1.82, 2.24) is 24.5 Å². The van der Waals surface area contributed by atoms with Gasteiger partial charge in [0.25, 0.3) is 5.56 Å². The molecule has 2 aromatic carbocycles. The summed E-state index contributed by atoms with van der Waals surface area (Å²) in [7, 11) is 3.54. The van der Waals surface area contributed by atoms with Crippen molar-refractivity contribution in [3.63, 3.8) is 0 Å². The molecule has 2 heterocycles. The molecule has 0 aliphatic heterocycles. The average molecular weight is 441 g/mol. The number of fused-ring (bicyclic) bond motifs is 1. The fourth-order valence-electron chi connectivity index (χ4n) is 2.90. The van der Waals surface area contributed by atoms with Crippen LogP contribution in [0.5, 0.6) is 0 Å². The molecule has 0 spiro atoms. The maximum absolute atomic E-state index is 14.6. The first-order valence-corrected chi connectivity index (χ1v) is 10.1. The molecule has 4 aromatic rings. The van der Waals surface area contributed by atoms with Crippen LogP contribution in [0.25, 0.3) is 16.6 Å². The second-order valence-electron chi connectivity index (χ2n) is 6.74. The lowest BCUT2D eigenvalue weighted by atomic mass is 10.2. The number of anilines is 2. The number of rotatable bonds is 5. The van der Waals surface area contributed by atoms with Gasteiger partial charge in [0.2, 0.25) is 11.9 Å². The van der Waals surface area contributed by atoms with E-state index >= 15 is 0 Å². The summed E-state index contributed by atoms with van der Waals surface area (Å²) in [6, 6.07) is 9.76. The first kappa shape index (κ1) is 20.7. The minimum absolute atomic E-state index is 0.0581. The van der Waals surface area contributed by atoms with Crippen molar-refractivity contribution in [3.8, 4) is 5.69 Å². The smallest absolute Gasteiger partial charge is 0.266 e. The first-order chi connectivity index (χ1) is 14.8. The minimum Gasteiger partial charge on any atom is -0.368 e. The van der Waals surface area contributed by atoms with Crippen molar-refractivity contribution in [3.05, 3.63) is 70.3 Å². The van der Waals surface area contributed by atoms with Gasteiger partial charge in [-0.3, -0.25) is 9.36 Å². The summed E-state index contributed by atoms with van der Waals surface area (Å²) in [5.74, 6) is -0.607. The number of nitrogens with two attached hydrogens (primary N) is 1. The Bertz CT molecular complexity index is 1340. The Morgan fingerprint density at radius 3 is 2.58 bits per heavy atom. The van der Waals surface area contributed by atoms with Crippen LogP contribution in [0.2, 0.25) is 0 Å². The molecule has 11 heteroatoms. The standard InChI is InChI=1S/C20H17F2N7OS/c1-28(2)19-26-16(25-18(23)27-19)10-31-20-24-14-6-4-3-5-12(14)17(30)29(20)15-8-7-11(21)9-13(15)22/h3-9H,10H2,1-2H3,(H2,23,25,26,27). The number of hydrogen-bond acceptors (Lipinski definition) is 8. The number of aromatic nitrogens is 5. The molecule has 0 radical (unpaired) electrons. The zero-order valence-corrected chi connectivity index (χ0v) is 17.4. The van der Waals surface area contributed by atoms with E-state index < -0.39 is 17.2 Å². The molecule has 0 saturated carbocycles. The van der Waals surface area contributed by atoms with Crippen LogP contribution in [0.4, 0.5) is 20.7 Å². The van der Waals surface area contributed by atoms with E-state index in [1.807, 2.05) is 0 Å². The Balaban J connectivity index is 1.83. The summed E-state index contributed by atoms with van der Waals surface area (Å²) in [5, 5.41) is 0.523. The third kappa shape index (κ3) is 4.17. The molecule has 0 unspecified atom stereocenters. The molecule has 31 heavy (non-hydrogen) atoms. The summed E-state index contributed by atoms with van der Waals surface area (Å²) in [6.45, 7) is 0. The quantitative estimate of drug-likeness (QED) is 0.373. The van der Waals surface area contributed by atoms with Gasteiger partial charge < -0.3 is 10.6 Å². The van der Waals surface area contributed by atoms with Crippen LogP contribution < -0.4 is 16.2 Å². The molecule has 0 fully saturated rings. The number of halogens is 2. The van der Waals surface area contributed by atoms with Crippen LogP contribution in [0.1, 0.15) is 5.82 Å². The third-order valence-electron chi connectivity index (χ3n) is 4.31. The van der Waals surface area contributed by atoms with Gasteiger partial charge in [-0.15, -0.1) is 0 Å². The maximum Gasteiger partial charge on any atom is 0.266 e. The van der Waals surface area contributed by atoms with Crippen LogP contribution in [0.3, 0.4) is 0 Å². The van der Waals surface area contributed by atoms with E-state index in [2.05, 4.69) is 19.9 Å². The monoisotopic (exact) mass is 441 g/mol. The van der Waals surface area contributed by atoms with Crippen molar-refractivity contribution in [2.75, 3.05) is 24.7 Å². The molecule has 0 amide bonds. The fourth-order valence-corrected chi connectivity index (χ4v) is 3.76. The molecule has 4 rings (SSSR count). The number of hydrogen-bond donors (Lipinski definition) is 1. The number of thioether (sulfide) groups is 1. The summed E-state index contributed by atoms with van der Waals surface area (Å²) >= 11 is 1.13. The largest absolute Gasteiger partial charge is 0.368 e. The van der Waals surface area contributed by atoms with Crippen molar-refractivity contribution in [2.45, 2.75) is 10.9 Å². The van der Waals surface area contributed by atoms with Gasteiger partial charge in [-0.05, 0) is 24.3 Å². The first-order valence-electron chi connectivity index (χ1n) is 9.11. The molecule has 8 nitrogen and oxygen atoms in total. The van der Waals surface area contributed by atoms with Crippen molar-refractivity contribution < 1.29 is 8.78 Å². The predicted molar refractivity (Wildman–Crippen MR) is 115 cm³/mol. The van der Waals surface area contributed by atoms with Crippen LogP contribution in [0, 0.1) is 11.6 Å². The summed E-state index contributed by atoms with van der Waals surface area (Å²) < 4.78 is 29.1. The molecule has 0 bridgehead atoms. The van der Waals surface area contributed by atoms with E-state index in [0.29, 0.717) is 22.7 Å². The summed E-state index contributed by atoms with van der Waals surface area (Å²) in [5.41, 5.74) is 5.65. The molecule has 2 aromatic heterocycles. The van der Waals surface area contributed by atoms with Crippen LogP contribution in [-0.4, -0.2) is 38.6 Å². The molecule has 0 saturated heterocycles. The Hall–Kier alpha value is -3.60. The fraction of sp³-hybridized carbons (Fsp3) is 0.150. The lowest BCUT2D eigenvalue weighted by molar-refractivity contribution is 0.572. The van der Waals surface area contributed by atoms with Crippen LogP contribution in [0.15, 0.2) is 52.4 Å². The van der Waals surface area contributed by atoms with Gasteiger partial charge in [0, 0.05) is 20.2 Å². The molecule has 2 N–H and O–H groups in total. The normalized spacial score (nSPS) is 11.1. The second kappa shape index (κ2) is 8.26. The lowest BCUT2D eigenvalue weighted by Crippen LogP contribution is -2.23. The highest BCUT2D eigenvalue weighted by molar-refractivity contribution is 7.98. The van der Waals surface area contributed by atoms with Gasteiger partial charge in [0.15, 0.2) is 5.16 Å². The second-order valence-corrected chi connectivity index (χ2v) is 7.68. The molecule has 158 valence electrons. The molecular weight excluding hydrogens is 424 g/mol. The van der Waals surface area contributed by atoms with Crippen LogP contribution >= 0.6 is 11.8 Å². The Morgan fingerprint density at radius 1 is 1.06 bits per heavy atom. The van der Waals surface area contributed by atoms with Crippen molar-refractivity contribution >= 4 is 34.6 Å². The Kier molecular flexibility index (Phi) is 5.51. The van der Waals surface area contributed by atoms with E-state index in [9.17, 15) is 13.6 Å². The van der Waals surface area contributed by atoms with Gasteiger partial charge in [0.05, 0.1) is 22.3 Å². The summed E-state index contributed by atoms with van der Waals surface area (Å²) in [4.78, 5) is 31.9. The Morgan fingerprint density at radius 2 is 1.84 bits per heavy atom. The van der Waals surface area contributed by atoms with Gasteiger partial charge in [-0.1, -0.05) is 23.9 Å². The average Bonchev–Trinajstić information content (AvgIpc) is 2.73. The van der Waals surface area contributed by atoms with Gasteiger partial charge >= 0.3 is 0 Å². The van der Waals surface area contributed by atoms with Gasteiger partial charge in [-0.25, -0.2) is 13.8 Å². The SMILES string of the molecule is CN(C)c1nc(N)nc(CSc2nc3ccccc3c(=O)n2-c2ccc(F)cc2F)n1. The van der Waals surface area contributed by atoms with Gasteiger partial charge in [0.1, 0.15) is 17.5 Å². The summed E-state index contributed by atoms with van der Waals surface area (Å²) in [6.07, 6.45) is 0. The number of para-hydroxylation sites is 1. The number of nitrogen functional groups attached to an aromatic ring is 1. The lowest BCUT2D eigenvalue weighted by Gasteiger charge is -2.14. The zero-order chi connectivity index (χ0) is 22.1. The van der Waals surface area contributed by atoms with E-state index in [-0.39, 0.29) is 22.5 Å². The molecule has 0 aliphatic rings.